The second kappa shape index (κ2) is 9.18. The Morgan fingerprint density at radius 1 is 1.03 bits per heavy atom. The minimum absolute atomic E-state index is 0.0121. The SMILES string of the molecule is O=C(N[C@@H](C(=O)NC1CC1)C1CCN(C(=O)c2ccc(Cl)cc2)CC1)c1cccs1. The van der Waals surface area contributed by atoms with E-state index < -0.39 is 6.04 Å². The average Bonchev–Trinajstić information content (AvgIpc) is 3.39. The van der Waals surface area contributed by atoms with E-state index in [0.717, 1.165) is 12.8 Å². The first kappa shape index (κ1) is 20.9. The fourth-order valence-corrected chi connectivity index (χ4v) is 4.50. The molecule has 4 rings (SSSR count). The first-order valence-corrected chi connectivity index (χ1v) is 11.5. The second-order valence-electron chi connectivity index (χ2n) is 7.85. The minimum atomic E-state index is -0.590. The van der Waals surface area contributed by atoms with Crippen LogP contribution in [0.25, 0.3) is 0 Å². The van der Waals surface area contributed by atoms with Crippen LogP contribution in [0.5, 0.6) is 0 Å². The molecular formula is C22H24ClN3O3S. The number of carbonyl (C=O) groups excluding carboxylic acids is 3. The molecule has 3 amide bonds. The van der Waals surface area contributed by atoms with E-state index in [-0.39, 0.29) is 29.7 Å². The van der Waals surface area contributed by atoms with Gasteiger partial charge in [0.15, 0.2) is 0 Å². The number of nitrogens with one attached hydrogen (secondary N) is 2. The highest BCUT2D eigenvalue weighted by Crippen LogP contribution is 2.25. The van der Waals surface area contributed by atoms with Gasteiger partial charge in [-0.15, -0.1) is 11.3 Å². The average molecular weight is 446 g/mol. The van der Waals surface area contributed by atoms with Crippen molar-refractivity contribution in [1.29, 1.82) is 0 Å². The smallest absolute Gasteiger partial charge is 0.262 e. The van der Waals surface area contributed by atoms with E-state index in [1.165, 1.54) is 11.3 Å². The number of halogens is 1. The first-order chi connectivity index (χ1) is 14.5. The molecule has 1 aromatic carbocycles. The summed E-state index contributed by atoms with van der Waals surface area (Å²) >= 11 is 7.26. The molecule has 2 aromatic rings. The van der Waals surface area contributed by atoms with Crippen molar-refractivity contribution >= 4 is 40.7 Å². The van der Waals surface area contributed by atoms with Gasteiger partial charge in [-0.25, -0.2) is 0 Å². The molecule has 6 nitrogen and oxygen atoms in total. The first-order valence-electron chi connectivity index (χ1n) is 10.2. The second-order valence-corrected chi connectivity index (χ2v) is 9.23. The Morgan fingerprint density at radius 3 is 2.33 bits per heavy atom. The van der Waals surface area contributed by atoms with Crippen molar-refractivity contribution in [2.45, 2.75) is 37.8 Å². The van der Waals surface area contributed by atoms with Crippen molar-refractivity contribution in [1.82, 2.24) is 15.5 Å². The number of hydrogen-bond acceptors (Lipinski definition) is 4. The summed E-state index contributed by atoms with van der Waals surface area (Å²) in [6.07, 6.45) is 3.30. The van der Waals surface area contributed by atoms with Crippen LogP contribution < -0.4 is 10.6 Å². The molecule has 1 saturated heterocycles. The molecule has 1 atom stereocenters. The molecule has 1 saturated carbocycles. The van der Waals surface area contributed by atoms with Crippen LogP contribution >= 0.6 is 22.9 Å². The molecular weight excluding hydrogens is 422 g/mol. The van der Waals surface area contributed by atoms with E-state index in [1.807, 2.05) is 11.4 Å². The molecule has 30 heavy (non-hydrogen) atoms. The van der Waals surface area contributed by atoms with Gasteiger partial charge in [0.05, 0.1) is 4.88 Å². The highest BCUT2D eigenvalue weighted by molar-refractivity contribution is 7.12. The number of nitrogens with zero attached hydrogens (tertiary/aromatic N) is 1. The van der Waals surface area contributed by atoms with E-state index in [0.29, 0.717) is 41.4 Å². The predicted octanol–water partition coefficient (Wildman–Crippen LogP) is 3.33. The number of amides is 3. The van der Waals surface area contributed by atoms with Gasteiger partial charge in [-0.3, -0.25) is 14.4 Å². The molecule has 1 aliphatic carbocycles. The molecule has 0 bridgehead atoms. The summed E-state index contributed by atoms with van der Waals surface area (Å²) in [4.78, 5) is 40.6. The summed E-state index contributed by atoms with van der Waals surface area (Å²) < 4.78 is 0. The molecule has 2 fully saturated rings. The lowest BCUT2D eigenvalue weighted by atomic mass is 9.88. The molecule has 0 radical (unpaired) electrons. The molecule has 1 aromatic heterocycles. The Morgan fingerprint density at radius 2 is 1.73 bits per heavy atom. The van der Waals surface area contributed by atoms with Crippen LogP contribution in [0.2, 0.25) is 5.02 Å². The van der Waals surface area contributed by atoms with Gasteiger partial charge in [-0.1, -0.05) is 17.7 Å². The Hall–Kier alpha value is -2.38. The van der Waals surface area contributed by atoms with Crippen LogP contribution in [0, 0.1) is 5.92 Å². The number of thiophene rings is 1. The van der Waals surface area contributed by atoms with Gasteiger partial charge >= 0.3 is 0 Å². The normalized spacial score (nSPS) is 18.0. The maximum Gasteiger partial charge on any atom is 0.262 e. The predicted molar refractivity (Wildman–Crippen MR) is 117 cm³/mol. The summed E-state index contributed by atoms with van der Waals surface area (Å²) in [5.74, 6) is -0.390. The van der Waals surface area contributed by atoms with E-state index in [9.17, 15) is 14.4 Å². The van der Waals surface area contributed by atoms with Crippen molar-refractivity contribution in [3.63, 3.8) is 0 Å². The number of rotatable bonds is 6. The van der Waals surface area contributed by atoms with Gasteiger partial charge in [0.2, 0.25) is 5.91 Å². The van der Waals surface area contributed by atoms with Crippen LogP contribution in [0.1, 0.15) is 45.7 Å². The highest BCUT2D eigenvalue weighted by Gasteiger charge is 2.36. The summed E-state index contributed by atoms with van der Waals surface area (Å²) in [6.45, 7) is 1.10. The van der Waals surface area contributed by atoms with Crippen molar-refractivity contribution in [2.24, 2.45) is 5.92 Å². The summed E-state index contributed by atoms with van der Waals surface area (Å²) in [5, 5.41) is 8.41. The topological polar surface area (TPSA) is 78.5 Å². The lowest BCUT2D eigenvalue weighted by Crippen LogP contribution is -2.54. The molecule has 2 aliphatic rings. The number of carbonyl (C=O) groups is 3. The van der Waals surface area contributed by atoms with Gasteiger partial charge in [0.25, 0.3) is 11.8 Å². The molecule has 2 heterocycles. The van der Waals surface area contributed by atoms with E-state index in [4.69, 9.17) is 11.6 Å². The Balaban J connectivity index is 1.40. The lowest BCUT2D eigenvalue weighted by molar-refractivity contribution is -0.124. The molecule has 2 N–H and O–H groups in total. The third kappa shape index (κ3) is 5.02. The maximum absolute atomic E-state index is 12.9. The van der Waals surface area contributed by atoms with E-state index >= 15 is 0 Å². The zero-order valence-corrected chi connectivity index (χ0v) is 18.0. The number of piperidine rings is 1. The molecule has 8 heteroatoms. The molecule has 0 spiro atoms. The number of hydrogen-bond donors (Lipinski definition) is 2. The number of likely N-dealkylation sites (tertiary alicyclic amines) is 1. The fourth-order valence-electron chi connectivity index (χ4n) is 3.75. The van der Waals surface area contributed by atoms with Crippen LogP contribution in [0.4, 0.5) is 0 Å². The molecule has 0 unspecified atom stereocenters. The fraction of sp³-hybridized carbons (Fsp3) is 0.409. The monoisotopic (exact) mass is 445 g/mol. The highest BCUT2D eigenvalue weighted by atomic mass is 35.5. The van der Waals surface area contributed by atoms with Gasteiger partial charge in [0, 0.05) is 29.7 Å². The minimum Gasteiger partial charge on any atom is -0.352 e. The van der Waals surface area contributed by atoms with E-state index in [2.05, 4.69) is 10.6 Å². The Labute approximate surface area is 184 Å². The molecule has 158 valence electrons. The zero-order valence-electron chi connectivity index (χ0n) is 16.5. The molecule has 1 aliphatic heterocycles. The number of benzene rings is 1. The standard InChI is InChI=1S/C22H24ClN3O3S/c23-16-5-3-15(4-6-16)22(29)26-11-9-14(10-12-26)19(21(28)24-17-7-8-17)25-20(27)18-2-1-13-30-18/h1-6,13-14,17,19H,7-12H2,(H,24,28)(H,25,27)/t19-/m1/s1. The van der Waals surface area contributed by atoms with Gasteiger partial charge in [0.1, 0.15) is 6.04 Å². The largest absolute Gasteiger partial charge is 0.352 e. The quantitative estimate of drug-likeness (QED) is 0.715. The lowest BCUT2D eigenvalue weighted by Gasteiger charge is -2.35. The van der Waals surface area contributed by atoms with Gasteiger partial charge in [-0.05, 0) is 67.3 Å². The summed E-state index contributed by atoms with van der Waals surface area (Å²) in [6, 6.07) is 10.1. The van der Waals surface area contributed by atoms with Crippen LogP contribution in [-0.2, 0) is 4.79 Å². The zero-order chi connectivity index (χ0) is 21.1. The third-order valence-corrected chi connectivity index (χ3v) is 6.75. The Bertz CT molecular complexity index is 904. The third-order valence-electron chi connectivity index (χ3n) is 5.63. The van der Waals surface area contributed by atoms with Crippen molar-refractivity contribution in [3.05, 3.63) is 57.2 Å². The van der Waals surface area contributed by atoms with Gasteiger partial charge in [-0.2, -0.15) is 0 Å². The summed E-state index contributed by atoms with van der Waals surface area (Å²) in [5.41, 5.74) is 0.604. The van der Waals surface area contributed by atoms with Crippen LogP contribution in [-0.4, -0.2) is 47.8 Å². The van der Waals surface area contributed by atoms with Crippen molar-refractivity contribution in [2.75, 3.05) is 13.1 Å². The van der Waals surface area contributed by atoms with Crippen LogP contribution in [0.3, 0.4) is 0 Å². The Kier molecular flexibility index (Phi) is 6.39. The summed E-state index contributed by atoms with van der Waals surface area (Å²) in [7, 11) is 0. The van der Waals surface area contributed by atoms with E-state index in [1.54, 1.807) is 35.2 Å². The van der Waals surface area contributed by atoms with Crippen LogP contribution in [0.15, 0.2) is 41.8 Å². The van der Waals surface area contributed by atoms with Crippen molar-refractivity contribution in [3.8, 4) is 0 Å². The maximum atomic E-state index is 12.9. The van der Waals surface area contributed by atoms with Gasteiger partial charge < -0.3 is 15.5 Å². The van der Waals surface area contributed by atoms with Crippen molar-refractivity contribution < 1.29 is 14.4 Å².